The van der Waals surface area contributed by atoms with Crippen LogP contribution in [-0.4, -0.2) is 29.3 Å². The van der Waals surface area contributed by atoms with Crippen LogP contribution in [-0.2, 0) is 11.2 Å². The van der Waals surface area contributed by atoms with Crippen LogP contribution in [0.15, 0.2) is 16.6 Å². The number of aromatic carboxylic acids is 1. The number of rotatable bonds is 1. The number of hydrogen-bond acceptors (Lipinski definition) is 3. The molecule has 0 atom stereocenters. The van der Waals surface area contributed by atoms with E-state index in [1.165, 1.54) is 11.0 Å². The van der Waals surface area contributed by atoms with E-state index in [0.29, 0.717) is 16.7 Å². The van der Waals surface area contributed by atoms with Gasteiger partial charge in [0.05, 0.1) is 11.3 Å². The first kappa shape index (κ1) is 15.8. The molecule has 21 heavy (non-hydrogen) atoms. The van der Waals surface area contributed by atoms with Crippen LogP contribution in [0.3, 0.4) is 0 Å². The molecule has 1 amide bonds. The molecule has 0 bridgehead atoms. The lowest BCUT2D eigenvalue weighted by molar-refractivity contribution is 0.0577. The Balaban J connectivity index is 2.47. The minimum Gasteiger partial charge on any atom is -0.478 e. The van der Waals surface area contributed by atoms with Crippen molar-refractivity contribution in [2.45, 2.75) is 39.2 Å². The maximum Gasteiger partial charge on any atom is 0.414 e. The van der Waals surface area contributed by atoms with Crippen molar-refractivity contribution in [3.05, 3.63) is 27.7 Å². The van der Waals surface area contributed by atoms with E-state index in [2.05, 4.69) is 15.9 Å². The van der Waals surface area contributed by atoms with Crippen molar-refractivity contribution in [1.29, 1.82) is 0 Å². The van der Waals surface area contributed by atoms with Crippen molar-refractivity contribution < 1.29 is 19.4 Å². The molecule has 0 unspecified atom stereocenters. The van der Waals surface area contributed by atoms with Crippen molar-refractivity contribution in [2.75, 3.05) is 11.4 Å². The Hall–Kier alpha value is -1.56. The van der Waals surface area contributed by atoms with E-state index in [-0.39, 0.29) is 5.56 Å². The zero-order chi connectivity index (χ0) is 15.8. The number of nitrogens with zero attached hydrogens (tertiary/aromatic N) is 1. The molecule has 5 nitrogen and oxygen atoms in total. The summed E-state index contributed by atoms with van der Waals surface area (Å²) in [5.74, 6) is -1.05. The van der Waals surface area contributed by atoms with Crippen LogP contribution in [0, 0.1) is 0 Å². The van der Waals surface area contributed by atoms with Gasteiger partial charge in [-0.05, 0) is 51.3 Å². The van der Waals surface area contributed by atoms with Crippen molar-refractivity contribution in [1.82, 2.24) is 0 Å². The van der Waals surface area contributed by atoms with Crippen molar-refractivity contribution in [2.24, 2.45) is 0 Å². The molecule has 2 rings (SSSR count). The number of ether oxygens (including phenoxy) is 1. The highest BCUT2D eigenvalue weighted by molar-refractivity contribution is 9.10. The lowest BCUT2D eigenvalue weighted by atomic mass is 9.98. The molecule has 0 spiro atoms. The summed E-state index contributed by atoms with van der Waals surface area (Å²) in [6.45, 7) is 5.82. The summed E-state index contributed by atoms with van der Waals surface area (Å²) < 4.78 is 6.08. The molecule has 114 valence electrons. The standard InChI is InChI=1S/C15H18BrNO4/c1-15(2,3)21-14(20)17-6-4-5-9-7-10(16)8-11(12(9)17)13(18)19/h7-8H,4-6H2,1-3H3,(H,18,19). The summed E-state index contributed by atoms with van der Waals surface area (Å²) in [6.07, 6.45) is 1.02. The molecule has 1 aliphatic heterocycles. The molecule has 0 aliphatic carbocycles. The smallest absolute Gasteiger partial charge is 0.414 e. The summed E-state index contributed by atoms with van der Waals surface area (Å²) in [5, 5.41) is 9.40. The quantitative estimate of drug-likeness (QED) is 0.830. The molecule has 1 aromatic rings. The molecular formula is C15H18BrNO4. The van der Waals surface area contributed by atoms with Gasteiger partial charge in [0.15, 0.2) is 0 Å². The summed E-state index contributed by atoms with van der Waals surface area (Å²) in [6, 6.07) is 3.38. The number of carbonyl (C=O) groups excluding carboxylic acids is 1. The minimum atomic E-state index is -1.05. The topological polar surface area (TPSA) is 66.8 Å². The molecule has 1 N–H and O–H groups in total. The number of aryl methyl sites for hydroxylation is 1. The Morgan fingerprint density at radius 3 is 2.57 bits per heavy atom. The van der Waals surface area contributed by atoms with Gasteiger partial charge in [-0.1, -0.05) is 15.9 Å². The van der Waals surface area contributed by atoms with Crippen molar-refractivity contribution >= 4 is 33.7 Å². The van der Waals surface area contributed by atoms with Gasteiger partial charge in [-0.2, -0.15) is 0 Å². The van der Waals surface area contributed by atoms with Crippen LogP contribution in [0.25, 0.3) is 0 Å². The van der Waals surface area contributed by atoms with Gasteiger partial charge in [-0.25, -0.2) is 9.59 Å². The second kappa shape index (κ2) is 5.67. The highest BCUT2D eigenvalue weighted by Crippen LogP contribution is 2.34. The molecule has 0 aromatic heterocycles. The Bertz CT molecular complexity index is 592. The van der Waals surface area contributed by atoms with Crippen LogP contribution in [0.2, 0.25) is 0 Å². The molecule has 1 aliphatic rings. The van der Waals surface area contributed by atoms with Crippen LogP contribution in [0.4, 0.5) is 10.5 Å². The van der Waals surface area contributed by atoms with E-state index in [1.807, 2.05) is 6.07 Å². The van der Waals surface area contributed by atoms with Crippen molar-refractivity contribution in [3.8, 4) is 0 Å². The van der Waals surface area contributed by atoms with Gasteiger partial charge in [0.2, 0.25) is 0 Å². The molecule has 1 heterocycles. The highest BCUT2D eigenvalue weighted by Gasteiger charge is 2.31. The third-order valence-electron chi connectivity index (χ3n) is 3.10. The zero-order valence-corrected chi connectivity index (χ0v) is 13.9. The lowest BCUT2D eigenvalue weighted by Crippen LogP contribution is -2.40. The third-order valence-corrected chi connectivity index (χ3v) is 3.55. The monoisotopic (exact) mass is 355 g/mol. The van der Waals surface area contributed by atoms with Crippen LogP contribution in [0.1, 0.15) is 43.1 Å². The molecule has 0 saturated heterocycles. The summed E-state index contributed by atoms with van der Waals surface area (Å²) in [4.78, 5) is 25.2. The first-order chi connectivity index (χ1) is 9.69. The number of anilines is 1. The number of amides is 1. The lowest BCUT2D eigenvalue weighted by Gasteiger charge is -2.32. The molecule has 1 aromatic carbocycles. The van der Waals surface area contributed by atoms with E-state index in [4.69, 9.17) is 4.74 Å². The van der Waals surface area contributed by atoms with Gasteiger partial charge >= 0.3 is 12.1 Å². The largest absolute Gasteiger partial charge is 0.478 e. The van der Waals surface area contributed by atoms with E-state index in [0.717, 1.165) is 18.4 Å². The molecule has 6 heteroatoms. The maximum absolute atomic E-state index is 12.3. The molecular weight excluding hydrogens is 338 g/mol. The number of benzene rings is 1. The predicted molar refractivity (Wildman–Crippen MR) is 83.0 cm³/mol. The third kappa shape index (κ3) is 3.56. The average molecular weight is 356 g/mol. The van der Waals surface area contributed by atoms with Crippen LogP contribution >= 0.6 is 15.9 Å². The number of halogens is 1. The molecule has 0 radical (unpaired) electrons. The fraction of sp³-hybridized carbons (Fsp3) is 0.467. The van der Waals surface area contributed by atoms with E-state index >= 15 is 0 Å². The zero-order valence-electron chi connectivity index (χ0n) is 12.3. The fourth-order valence-corrected chi connectivity index (χ4v) is 2.87. The second-order valence-corrected chi connectivity index (χ2v) is 6.92. The predicted octanol–water partition coefficient (Wildman–Crippen LogP) is 3.84. The Morgan fingerprint density at radius 1 is 1.33 bits per heavy atom. The second-order valence-electron chi connectivity index (χ2n) is 6.00. The normalized spacial score (nSPS) is 14.6. The first-order valence-corrected chi connectivity index (χ1v) is 7.54. The molecule has 0 saturated carbocycles. The first-order valence-electron chi connectivity index (χ1n) is 6.75. The van der Waals surface area contributed by atoms with E-state index in [1.54, 1.807) is 20.8 Å². The average Bonchev–Trinajstić information content (AvgIpc) is 2.34. The fourth-order valence-electron chi connectivity index (χ4n) is 2.37. The van der Waals surface area contributed by atoms with Gasteiger partial charge in [0.1, 0.15) is 5.60 Å². The Morgan fingerprint density at radius 2 is 2.00 bits per heavy atom. The minimum absolute atomic E-state index is 0.116. The highest BCUT2D eigenvalue weighted by atomic mass is 79.9. The van der Waals surface area contributed by atoms with Crippen LogP contribution < -0.4 is 4.90 Å². The van der Waals surface area contributed by atoms with Crippen LogP contribution in [0.5, 0.6) is 0 Å². The maximum atomic E-state index is 12.3. The number of fused-ring (bicyclic) bond motifs is 1. The van der Waals surface area contributed by atoms with E-state index in [9.17, 15) is 14.7 Å². The molecule has 0 fully saturated rings. The summed E-state index contributed by atoms with van der Waals surface area (Å²) in [7, 11) is 0. The van der Waals surface area contributed by atoms with Gasteiger partial charge in [-0.15, -0.1) is 0 Å². The SMILES string of the molecule is CC(C)(C)OC(=O)N1CCCc2cc(Br)cc(C(=O)O)c21. The number of carboxylic acid groups (broad SMARTS) is 1. The van der Waals surface area contributed by atoms with Gasteiger partial charge in [-0.3, -0.25) is 4.90 Å². The van der Waals surface area contributed by atoms with Gasteiger partial charge < -0.3 is 9.84 Å². The number of hydrogen-bond donors (Lipinski definition) is 1. The number of carboxylic acids is 1. The Kier molecular flexibility index (Phi) is 4.27. The summed E-state index contributed by atoms with van der Waals surface area (Å²) >= 11 is 3.32. The van der Waals surface area contributed by atoms with Gasteiger partial charge in [0, 0.05) is 11.0 Å². The van der Waals surface area contributed by atoms with Crippen molar-refractivity contribution in [3.63, 3.8) is 0 Å². The number of carbonyl (C=O) groups is 2. The van der Waals surface area contributed by atoms with E-state index < -0.39 is 17.7 Å². The summed E-state index contributed by atoms with van der Waals surface area (Å²) in [5.41, 5.74) is 0.794. The van der Waals surface area contributed by atoms with Gasteiger partial charge in [0.25, 0.3) is 0 Å². The Labute approximate surface area is 132 Å².